The van der Waals surface area contributed by atoms with Crippen molar-refractivity contribution in [3.63, 3.8) is 0 Å². The van der Waals surface area contributed by atoms with Crippen molar-refractivity contribution in [3.05, 3.63) is 68.6 Å². The van der Waals surface area contributed by atoms with E-state index in [1.807, 2.05) is 19.0 Å². The smallest absolute Gasteiger partial charge is 0.341 e. The highest BCUT2D eigenvalue weighted by Gasteiger charge is 2.31. The Hall–Kier alpha value is -4.02. The molecule has 4 aromatic rings. The van der Waals surface area contributed by atoms with Gasteiger partial charge in [0.05, 0.1) is 27.5 Å². The number of hydrogen-bond donors (Lipinski definition) is 3. The molecule has 1 saturated heterocycles. The molecule has 11 heteroatoms. The molecule has 2 aliphatic rings. The van der Waals surface area contributed by atoms with Crippen LogP contribution in [0.3, 0.4) is 0 Å². The molecule has 3 aromatic heterocycles. The standard InChI is InChI=1S/C28H26ClFN6O3/c1-31-24-16-8-21-22(15(16)7-20(30)23(24)29)25(35(2)3)18(11-33-21)13-6-17-26(37)19(28(38)39)12-36(27(17)34-9-13)14-4-5-32-10-14/h6-7,9,11-12,14,31-32H,4-5,8,10H2,1-3H3,(H,38,39). The number of nitrogens with zero attached hydrogens (tertiary/aromatic N) is 4. The van der Waals surface area contributed by atoms with Crippen molar-refractivity contribution < 1.29 is 14.3 Å². The zero-order valence-corrected chi connectivity index (χ0v) is 22.4. The first-order valence-corrected chi connectivity index (χ1v) is 13.0. The summed E-state index contributed by atoms with van der Waals surface area (Å²) in [6.07, 6.45) is 6.08. The third-order valence-corrected chi connectivity index (χ3v) is 7.98. The van der Waals surface area contributed by atoms with Crippen LogP contribution in [-0.4, -0.2) is 59.8 Å². The number of benzene rings is 1. The van der Waals surface area contributed by atoms with Gasteiger partial charge in [-0.1, -0.05) is 11.6 Å². The van der Waals surface area contributed by atoms with Crippen LogP contribution in [0.4, 0.5) is 15.8 Å². The number of anilines is 2. The number of fused-ring (bicyclic) bond motifs is 4. The zero-order valence-electron chi connectivity index (χ0n) is 21.6. The lowest BCUT2D eigenvalue weighted by atomic mass is 9.97. The van der Waals surface area contributed by atoms with E-state index in [9.17, 15) is 19.1 Å². The molecule has 3 N–H and O–H groups in total. The number of carbonyl (C=O) groups is 1. The SMILES string of the molecule is CNc1c(Cl)c(F)cc2c1Cc1ncc(-c3cnc4c(c3)c(=O)c(C(=O)O)cn4C3CCNC3)c(N(C)C)c1-2. The van der Waals surface area contributed by atoms with Crippen LogP contribution >= 0.6 is 11.6 Å². The van der Waals surface area contributed by atoms with E-state index in [4.69, 9.17) is 16.6 Å². The summed E-state index contributed by atoms with van der Waals surface area (Å²) in [7, 11) is 5.48. The van der Waals surface area contributed by atoms with Gasteiger partial charge in [0.1, 0.15) is 17.0 Å². The Bertz CT molecular complexity index is 1750. The number of nitrogens with one attached hydrogen (secondary N) is 2. The van der Waals surface area contributed by atoms with Crippen molar-refractivity contribution in [1.29, 1.82) is 0 Å². The Labute approximate surface area is 228 Å². The zero-order chi connectivity index (χ0) is 27.6. The molecule has 0 radical (unpaired) electrons. The van der Waals surface area contributed by atoms with E-state index in [1.165, 1.54) is 12.3 Å². The second-order valence-electron chi connectivity index (χ2n) is 10.1. The average molecular weight is 549 g/mol. The van der Waals surface area contributed by atoms with Gasteiger partial charge in [0, 0.05) is 75.4 Å². The molecule has 200 valence electrons. The van der Waals surface area contributed by atoms with Gasteiger partial charge in [0.2, 0.25) is 5.43 Å². The topological polar surface area (TPSA) is 112 Å². The predicted octanol–water partition coefficient (Wildman–Crippen LogP) is 4.16. The lowest BCUT2D eigenvalue weighted by Crippen LogP contribution is -2.23. The maximum Gasteiger partial charge on any atom is 0.341 e. The molecule has 1 fully saturated rings. The maximum absolute atomic E-state index is 14.9. The van der Waals surface area contributed by atoms with Crippen LogP contribution in [0.25, 0.3) is 33.3 Å². The van der Waals surface area contributed by atoms with Gasteiger partial charge < -0.3 is 25.2 Å². The van der Waals surface area contributed by atoms with Gasteiger partial charge in [0.25, 0.3) is 0 Å². The lowest BCUT2D eigenvalue weighted by molar-refractivity contribution is 0.0694. The summed E-state index contributed by atoms with van der Waals surface area (Å²) in [4.78, 5) is 36.6. The van der Waals surface area contributed by atoms with E-state index < -0.39 is 17.2 Å². The van der Waals surface area contributed by atoms with Crippen molar-refractivity contribution in [2.24, 2.45) is 0 Å². The van der Waals surface area contributed by atoms with Crippen molar-refractivity contribution in [2.75, 3.05) is 44.4 Å². The minimum atomic E-state index is -1.28. The van der Waals surface area contributed by atoms with Gasteiger partial charge in [0.15, 0.2) is 0 Å². The molecule has 39 heavy (non-hydrogen) atoms. The fourth-order valence-electron chi connectivity index (χ4n) is 5.82. The predicted molar refractivity (Wildman–Crippen MR) is 150 cm³/mol. The van der Waals surface area contributed by atoms with Crippen LogP contribution in [0, 0.1) is 5.82 Å². The summed E-state index contributed by atoms with van der Waals surface area (Å²) in [5.41, 5.74) is 5.31. The molecule has 4 heterocycles. The summed E-state index contributed by atoms with van der Waals surface area (Å²) in [6, 6.07) is 3.11. The fourth-order valence-corrected chi connectivity index (χ4v) is 6.08. The van der Waals surface area contributed by atoms with Crippen LogP contribution in [0.5, 0.6) is 0 Å². The molecule has 0 bridgehead atoms. The largest absolute Gasteiger partial charge is 0.477 e. The number of carboxylic acids is 1. The van der Waals surface area contributed by atoms with Crippen LogP contribution < -0.4 is 21.0 Å². The Kier molecular flexibility index (Phi) is 6.04. The highest BCUT2D eigenvalue weighted by molar-refractivity contribution is 6.34. The second kappa shape index (κ2) is 9.32. The van der Waals surface area contributed by atoms with Crippen LogP contribution in [0.2, 0.25) is 5.02 Å². The molecule has 1 aliphatic heterocycles. The number of aromatic carboxylic acids is 1. The lowest BCUT2D eigenvalue weighted by Gasteiger charge is -2.22. The molecule has 0 saturated carbocycles. The number of carboxylic acid groups (broad SMARTS) is 1. The molecule has 1 unspecified atom stereocenters. The van der Waals surface area contributed by atoms with Gasteiger partial charge in [-0.2, -0.15) is 0 Å². The molecule has 1 aromatic carbocycles. The van der Waals surface area contributed by atoms with E-state index in [0.29, 0.717) is 41.0 Å². The van der Waals surface area contributed by atoms with Crippen molar-refractivity contribution in [1.82, 2.24) is 19.9 Å². The Balaban J connectivity index is 1.60. The third kappa shape index (κ3) is 3.85. The molecule has 0 amide bonds. The number of aromatic nitrogens is 3. The van der Waals surface area contributed by atoms with Crippen molar-refractivity contribution in [3.8, 4) is 22.3 Å². The molecule has 9 nitrogen and oxygen atoms in total. The van der Waals surface area contributed by atoms with E-state index in [1.54, 1.807) is 30.1 Å². The molecule has 6 rings (SSSR count). The summed E-state index contributed by atoms with van der Waals surface area (Å²) in [5.74, 6) is -1.81. The van der Waals surface area contributed by atoms with Crippen LogP contribution in [-0.2, 0) is 6.42 Å². The normalized spacial score (nSPS) is 15.9. The van der Waals surface area contributed by atoms with Crippen molar-refractivity contribution >= 4 is 40.0 Å². The quantitative estimate of drug-likeness (QED) is 0.300. The highest BCUT2D eigenvalue weighted by Crippen LogP contribution is 2.49. The monoisotopic (exact) mass is 548 g/mol. The number of pyridine rings is 3. The minimum absolute atomic E-state index is 0.0110. The van der Waals surface area contributed by atoms with Gasteiger partial charge in [-0.05, 0) is 36.2 Å². The number of rotatable bonds is 5. The van der Waals surface area contributed by atoms with Gasteiger partial charge in [-0.25, -0.2) is 14.2 Å². The summed E-state index contributed by atoms with van der Waals surface area (Å²) < 4.78 is 16.6. The van der Waals surface area contributed by atoms with Crippen LogP contribution in [0.1, 0.15) is 34.1 Å². The third-order valence-electron chi connectivity index (χ3n) is 7.61. The summed E-state index contributed by atoms with van der Waals surface area (Å²) in [6.45, 7) is 1.46. The Morgan fingerprint density at radius 2 is 2.05 bits per heavy atom. The molecular weight excluding hydrogens is 523 g/mol. The van der Waals surface area contributed by atoms with Crippen molar-refractivity contribution in [2.45, 2.75) is 18.9 Å². The number of halogens is 2. The first kappa shape index (κ1) is 25.3. The van der Waals surface area contributed by atoms with E-state index in [2.05, 4.69) is 15.6 Å². The molecule has 1 aliphatic carbocycles. The Morgan fingerprint density at radius 3 is 2.72 bits per heavy atom. The molecule has 1 atom stereocenters. The average Bonchev–Trinajstić information content (AvgIpc) is 3.57. The fraction of sp³-hybridized carbons (Fsp3) is 0.286. The van der Waals surface area contributed by atoms with Gasteiger partial charge in [-0.3, -0.25) is 9.78 Å². The van der Waals surface area contributed by atoms with Gasteiger partial charge >= 0.3 is 5.97 Å². The highest BCUT2D eigenvalue weighted by atomic mass is 35.5. The molecule has 0 spiro atoms. The van der Waals surface area contributed by atoms with E-state index in [0.717, 1.165) is 35.5 Å². The molecular formula is C28H26ClFN6O3. The minimum Gasteiger partial charge on any atom is -0.477 e. The summed E-state index contributed by atoms with van der Waals surface area (Å²) >= 11 is 6.26. The maximum atomic E-state index is 14.9. The number of hydrogen-bond acceptors (Lipinski definition) is 7. The second-order valence-corrected chi connectivity index (χ2v) is 10.4. The summed E-state index contributed by atoms with van der Waals surface area (Å²) in [5, 5.41) is 16.3. The first-order chi connectivity index (χ1) is 18.7. The van der Waals surface area contributed by atoms with Gasteiger partial charge in [-0.15, -0.1) is 0 Å². The Morgan fingerprint density at radius 1 is 1.26 bits per heavy atom. The van der Waals surface area contributed by atoms with E-state index in [-0.39, 0.29) is 22.0 Å². The van der Waals surface area contributed by atoms with E-state index >= 15 is 0 Å². The first-order valence-electron chi connectivity index (χ1n) is 12.6. The van der Waals surface area contributed by atoms with Crippen LogP contribution in [0.15, 0.2) is 35.5 Å².